The van der Waals surface area contributed by atoms with Gasteiger partial charge in [0, 0.05) is 12.1 Å². The Labute approximate surface area is 141 Å². The fourth-order valence-electron chi connectivity index (χ4n) is 3.05. The van der Waals surface area contributed by atoms with Gasteiger partial charge in [-0.15, -0.1) is 0 Å². The summed E-state index contributed by atoms with van der Waals surface area (Å²) in [5, 5.41) is 0. The quantitative estimate of drug-likeness (QED) is 0.881. The topological polar surface area (TPSA) is 71.9 Å². The molecule has 0 fully saturated rings. The number of H-pyrrole nitrogens is 1. The average Bonchev–Trinajstić information content (AvgIpc) is 2.43. The molecular formula is C19H24N2O3. The highest BCUT2D eigenvalue weighted by Gasteiger charge is 2.29. The Morgan fingerprint density at radius 3 is 2.08 bits per heavy atom. The summed E-state index contributed by atoms with van der Waals surface area (Å²) in [5.41, 5.74) is 1.33. The van der Waals surface area contributed by atoms with E-state index < -0.39 is 16.7 Å². The molecule has 0 bridgehead atoms. The smallest absolute Gasteiger partial charge is 0.290 e. The number of carbonyl (C=O) groups is 1. The van der Waals surface area contributed by atoms with Crippen LogP contribution in [0.5, 0.6) is 0 Å². The third-order valence-corrected chi connectivity index (χ3v) is 3.96. The summed E-state index contributed by atoms with van der Waals surface area (Å²) >= 11 is 0. The van der Waals surface area contributed by atoms with Crippen molar-refractivity contribution in [3.05, 3.63) is 67.0 Å². The van der Waals surface area contributed by atoms with Crippen LogP contribution in [0.2, 0.25) is 0 Å². The average molecular weight is 328 g/mol. The molecule has 0 spiro atoms. The first-order valence-electron chi connectivity index (χ1n) is 8.06. The minimum Gasteiger partial charge on any atom is -0.290 e. The molecule has 0 amide bonds. The number of aromatic amines is 1. The van der Waals surface area contributed by atoms with Crippen LogP contribution in [0.25, 0.3) is 0 Å². The molecule has 5 heteroatoms. The van der Waals surface area contributed by atoms with Gasteiger partial charge in [-0.3, -0.25) is 19.1 Å². The van der Waals surface area contributed by atoms with Gasteiger partial charge in [-0.2, -0.15) is 0 Å². The SMILES string of the molecule is CCn1c(C(=O)c2cc(C)cc(C)c2)c(C(C)(C)C)c(=O)[nH]c1=O. The van der Waals surface area contributed by atoms with Crippen molar-refractivity contribution in [2.24, 2.45) is 0 Å². The maximum absolute atomic E-state index is 13.2. The Kier molecular flexibility index (Phi) is 4.65. The minimum atomic E-state index is -0.567. The summed E-state index contributed by atoms with van der Waals surface area (Å²) in [6.45, 7) is 11.5. The van der Waals surface area contributed by atoms with Gasteiger partial charge in [-0.1, -0.05) is 38.0 Å². The summed E-state index contributed by atoms with van der Waals surface area (Å²) < 4.78 is 1.35. The molecule has 1 heterocycles. The Hall–Kier alpha value is -2.43. The first-order valence-corrected chi connectivity index (χ1v) is 8.06. The van der Waals surface area contributed by atoms with Crippen LogP contribution in [0, 0.1) is 13.8 Å². The molecule has 0 aliphatic heterocycles. The molecule has 128 valence electrons. The zero-order valence-electron chi connectivity index (χ0n) is 15.1. The Bertz CT molecular complexity index is 891. The van der Waals surface area contributed by atoms with Gasteiger partial charge in [-0.05, 0) is 38.3 Å². The molecule has 2 rings (SSSR count). The second-order valence-electron chi connectivity index (χ2n) is 7.18. The van der Waals surface area contributed by atoms with Crippen LogP contribution in [0.1, 0.15) is 60.4 Å². The van der Waals surface area contributed by atoms with E-state index in [1.807, 2.05) is 40.7 Å². The van der Waals surface area contributed by atoms with Gasteiger partial charge in [0.05, 0.1) is 5.56 Å². The highest BCUT2D eigenvalue weighted by atomic mass is 16.2. The van der Waals surface area contributed by atoms with Crippen molar-refractivity contribution in [1.82, 2.24) is 9.55 Å². The highest BCUT2D eigenvalue weighted by Crippen LogP contribution is 2.24. The molecule has 1 N–H and O–H groups in total. The lowest BCUT2D eigenvalue weighted by Gasteiger charge is -2.23. The minimum absolute atomic E-state index is 0.184. The lowest BCUT2D eigenvalue weighted by molar-refractivity contribution is 0.102. The standard InChI is InChI=1S/C19H24N2O3/c1-7-21-15(14(19(4,5)6)17(23)20-18(21)24)16(22)13-9-11(2)8-12(3)10-13/h8-10H,7H2,1-6H3,(H,20,23,24). The molecule has 24 heavy (non-hydrogen) atoms. The molecule has 0 aliphatic carbocycles. The van der Waals surface area contributed by atoms with E-state index in [0.29, 0.717) is 17.7 Å². The zero-order valence-corrected chi connectivity index (χ0v) is 15.1. The Morgan fingerprint density at radius 1 is 1.08 bits per heavy atom. The van der Waals surface area contributed by atoms with Crippen LogP contribution < -0.4 is 11.2 Å². The summed E-state index contributed by atoms with van der Waals surface area (Å²) in [4.78, 5) is 40.1. The fourth-order valence-corrected chi connectivity index (χ4v) is 3.05. The van der Waals surface area contributed by atoms with E-state index in [4.69, 9.17) is 0 Å². The molecule has 0 atom stereocenters. The van der Waals surface area contributed by atoms with E-state index in [-0.39, 0.29) is 11.5 Å². The van der Waals surface area contributed by atoms with E-state index in [0.717, 1.165) is 11.1 Å². The molecular weight excluding hydrogens is 304 g/mol. The van der Waals surface area contributed by atoms with Crippen LogP contribution in [0.15, 0.2) is 27.8 Å². The van der Waals surface area contributed by atoms with Crippen molar-refractivity contribution >= 4 is 5.78 Å². The molecule has 5 nitrogen and oxygen atoms in total. The molecule has 1 aromatic carbocycles. The molecule has 0 radical (unpaired) electrons. The van der Waals surface area contributed by atoms with Crippen LogP contribution in [0.3, 0.4) is 0 Å². The number of carbonyl (C=O) groups excluding carboxylic acids is 1. The van der Waals surface area contributed by atoms with Crippen molar-refractivity contribution < 1.29 is 4.79 Å². The van der Waals surface area contributed by atoms with Gasteiger partial charge in [0.15, 0.2) is 0 Å². The van der Waals surface area contributed by atoms with Gasteiger partial charge in [0.2, 0.25) is 5.78 Å². The summed E-state index contributed by atoms with van der Waals surface area (Å²) in [6.07, 6.45) is 0. The zero-order chi connectivity index (χ0) is 18.2. The van der Waals surface area contributed by atoms with Gasteiger partial charge < -0.3 is 0 Å². The summed E-state index contributed by atoms with van der Waals surface area (Å²) in [7, 11) is 0. The van der Waals surface area contributed by atoms with E-state index in [1.165, 1.54) is 4.57 Å². The van der Waals surface area contributed by atoms with Gasteiger partial charge >= 0.3 is 5.69 Å². The fraction of sp³-hybridized carbons (Fsp3) is 0.421. The monoisotopic (exact) mass is 328 g/mol. The summed E-state index contributed by atoms with van der Waals surface area (Å²) in [6, 6.07) is 5.55. The highest BCUT2D eigenvalue weighted by molar-refractivity contribution is 6.09. The van der Waals surface area contributed by atoms with Gasteiger partial charge in [0.25, 0.3) is 5.56 Å². The van der Waals surface area contributed by atoms with Crippen LogP contribution in [-0.4, -0.2) is 15.3 Å². The largest absolute Gasteiger partial charge is 0.328 e. The lowest BCUT2D eigenvalue weighted by Crippen LogP contribution is -2.40. The first kappa shape index (κ1) is 17.9. The molecule has 1 aromatic heterocycles. The molecule has 0 unspecified atom stereocenters. The maximum atomic E-state index is 13.2. The first-order chi connectivity index (χ1) is 11.1. The molecule has 0 saturated heterocycles. The van der Waals surface area contributed by atoms with E-state index >= 15 is 0 Å². The van der Waals surface area contributed by atoms with E-state index in [2.05, 4.69) is 4.98 Å². The van der Waals surface area contributed by atoms with E-state index in [1.54, 1.807) is 19.1 Å². The number of hydrogen-bond donors (Lipinski definition) is 1. The number of aryl methyl sites for hydroxylation is 2. The lowest BCUT2D eigenvalue weighted by atomic mass is 9.84. The second kappa shape index (κ2) is 6.23. The van der Waals surface area contributed by atoms with E-state index in [9.17, 15) is 14.4 Å². The second-order valence-corrected chi connectivity index (χ2v) is 7.18. The normalized spacial score (nSPS) is 11.6. The van der Waals surface area contributed by atoms with Crippen LogP contribution >= 0.6 is 0 Å². The molecule has 0 aliphatic rings. The third kappa shape index (κ3) is 3.25. The number of benzene rings is 1. The van der Waals surface area contributed by atoms with Gasteiger partial charge in [-0.25, -0.2) is 4.79 Å². The number of nitrogens with one attached hydrogen (secondary N) is 1. The summed E-state index contributed by atoms with van der Waals surface area (Å²) in [5.74, 6) is -0.295. The number of rotatable bonds is 3. The number of aromatic nitrogens is 2. The van der Waals surface area contributed by atoms with Crippen LogP contribution in [0.4, 0.5) is 0 Å². The van der Waals surface area contributed by atoms with Crippen molar-refractivity contribution in [3.8, 4) is 0 Å². The van der Waals surface area contributed by atoms with Crippen molar-refractivity contribution in [1.29, 1.82) is 0 Å². The van der Waals surface area contributed by atoms with Crippen molar-refractivity contribution in [2.75, 3.05) is 0 Å². The Balaban J connectivity index is 2.88. The predicted octanol–water partition coefficient (Wildman–Crippen LogP) is 2.70. The molecule has 0 saturated carbocycles. The van der Waals surface area contributed by atoms with Gasteiger partial charge in [0.1, 0.15) is 5.69 Å². The number of nitrogens with zero attached hydrogens (tertiary/aromatic N) is 1. The van der Waals surface area contributed by atoms with Crippen molar-refractivity contribution in [3.63, 3.8) is 0 Å². The van der Waals surface area contributed by atoms with Crippen molar-refractivity contribution in [2.45, 2.75) is 53.5 Å². The maximum Gasteiger partial charge on any atom is 0.328 e. The van der Waals surface area contributed by atoms with Crippen LogP contribution in [-0.2, 0) is 12.0 Å². The number of ketones is 1. The third-order valence-electron chi connectivity index (χ3n) is 3.96. The predicted molar refractivity (Wildman–Crippen MR) is 95.0 cm³/mol. The Morgan fingerprint density at radius 2 is 1.62 bits per heavy atom. The molecule has 2 aromatic rings. The number of hydrogen-bond acceptors (Lipinski definition) is 3.